The highest BCUT2D eigenvalue weighted by atomic mass is 16.2. The normalized spacial score (nSPS) is 18.1. The second-order valence-corrected chi connectivity index (χ2v) is 7.26. The number of carbonyl (C=O) groups excluding carboxylic acids is 2. The summed E-state index contributed by atoms with van der Waals surface area (Å²) in [4.78, 5) is 27.3. The van der Waals surface area contributed by atoms with Crippen molar-refractivity contribution in [2.24, 2.45) is 5.92 Å². The average molecular weight is 392 g/mol. The van der Waals surface area contributed by atoms with Gasteiger partial charge < -0.3 is 0 Å². The van der Waals surface area contributed by atoms with Crippen molar-refractivity contribution in [1.29, 1.82) is 5.26 Å². The molecule has 0 spiro atoms. The predicted molar refractivity (Wildman–Crippen MR) is 115 cm³/mol. The lowest BCUT2D eigenvalue weighted by atomic mass is 9.81. The highest BCUT2D eigenvalue weighted by Crippen LogP contribution is 2.33. The highest BCUT2D eigenvalue weighted by molar-refractivity contribution is 6.09. The molecule has 4 nitrogen and oxygen atoms in total. The zero-order chi connectivity index (χ0) is 20.9. The summed E-state index contributed by atoms with van der Waals surface area (Å²) in [6, 6.07) is 27.7. The summed E-state index contributed by atoms with van der Waals surface area (Å²) in [5.74, 6) is -0.814. The van der Waals surface area contributed by atoms with Gasteiger partial charge in [0.05, 0.1) is 23.6 Å². The number of benzene rings is 3. The van der Waals surface area contributed by atoms with E-state index in [4.69, 9.17) is 5.26 Å². The summed E-state index contributed by atoms with van der Waals surface area (Å²) in [5, 5.41) is 9.14. The first-order chi connectivity index (χ1) is 14.7. The maximum atomic E-state index is 13.0. The Balaban J connectivity index is 1.62. The Bertz CT molecular complexity index is 1130. The van der Waals surface area contributed by atoms with E-state index in [0.717, 1.165) is 11.1 Å². The van der Waals surface area contributed by atoms with E-state index in [1.165, 1.54) is 4.90 Å². The molecule has 1 aliphatic heterocycles. The van der Waals surface area contributed by atoms with E-state index in [1.54, 1.807) is 36.4 Å². The van der Waals surface area contributed by atoms with Gasteiger partial charge in [0.25, 0.3) is 5.91 Å². The molecule has 3 aromatic rings. The minimum atomic E-state index is -0.341. The molecule has 0 saturated carbocycles. The molecule has 30 heavy (non-hydrogen) atoms. The SMILES string of the molecule is N#Cc1cccc(C[C@H]2C(=O)N(C(=O)c3ccccc3)[C@@H]2/C=C/c2ccccc2)c1. The fraction of sp³-hybridized carbons (Fsp3) is 0.115. The van der Waals surface area contributed by atoms with Crippen molar-refractivity contribution < 1.29 is 9.59 Å². The van der Waals surface area contributed by atoms with Crippen LogP contribution >= 0.6 is 0 Å². The first-order valence-corrected chi connectivity index (χ1v) is 9.82. The Morgan fingerprint density at radius 2 is 1.67 bits per heavy atom. The highest BCUT2D eigenvalue weighted by Gasteiger charge is 2.49. The van der Waals surface area contributed by atoms with E-state index in [-0.39, 0.29) is 23.8 Å². The Morgan fingerprint density at radius 1 is 0.967 bits per heavy atom. The molecule has 0 unspecified atom stereocenters. The Morgan fingerprint density at radius 3 is 2.37 bits per heavy atom. The van der Waals surface area contributed by atoms with Crippen LogP contribution in [0.5, 0.6) is 0 Å². The van der Waals surface area contributed by atoms with Crippen LogP contribution in [0, 0.1) is 17.2 Å². The number of rotatable bonds is 5. The van der Waals surface area contributed by atoms with E-state index in [1.807, 2.05) is 60.7 Å². The first-order valence-electron chi connectivity index (χ1n) is 9.82. The maximum absolute atomic E-state index is 13.0. The number of β-lactam (4-membered cyclic amide) rings is 1. The second-order valence-electron chi connectivity index (χ2n) is 7.26. The summed E-state index contributed by atoms with van der Waals surface area (Å²) < 4.78 is 0. The summed E-state index contributed by atoms with van der Waals surface area (Å²) in [6.07, 6.45) is 4.36. The van der Waals surface area contributed by atoms with E-state index < -0.39 is 0 Å². The van der Waals surface area contributed by atoms with Gasteiger partial charge in [0.15, 0.2) is 0 Å². The standard InChI is InChI=1S/C26H20N2O2/c27-18-21-11-7-10-20(16-21)17-23-24(15-14-19-8-3-1-4-9-19)28(26(23)30)25(29)22-12-5-2-6-13-22/h1-16,23-24H,17H2/b15-14+/t23-,24-/m1/s1. The summed E-state index contributed by atoms with van der Waals surface area (Å²) in [6.45, 7) is 0. The molecule has 3 aromatic carbocycles. The Kier molecular flexibility index (Phi) is 5.54. The van der Waals surface area contributed by atoms with Crippen molar-refractivity contribution in [3.8, 4) is 6.07 Å². The topological polar surface area (TPSA) is 61.2 Å². The molecule has 1 fully saturated rings. The lowest BCUT2D eigenvalue weighted by Gasteiger charge is -2.44. The quantitative estimate of drug-likeness (QED) is 0.475. The van der Waals surface area contributed by atoms with Gasteiger partial charge in [-0.05, 0) is 41.8 Å². The van der Waals surface area contributed by atoms with Crippen LogP contribution < -0.4 is 0 Å². The fourth-order valence-electron chi connectivity index (χ4n) is 3.75. The molecule has 1 saturated heterocycles. The van der Waals surface area contributed by atoms with Crippen molar-refractivity contribution >= 4 is 17.9 Å². The van der Waals surface area contributed by atoms with Crippen LogP contribution in [0.25, 0.3) is 6.08 Å². The van der Waals surface area contributed by atoms with Crippen molar-refractivity contribution in [3.05, 3.63) is 113 Å². The molecular formula is C26H20N2O2. The summed E-state index contributed by atoms with van der Waals surface area (Å²) in [5.41, 5.74) is 2.98. The van der Waals surface area contributed by atoms with Gasteiger partial charge in [-0.25, -0.2) is 0 Å². The maximum Gasteiger partial charge on any atom is 0.261 e. The molecule has 2 amide bonds. The fourth-order valence-corrected chi connectivity index (χ4v) is 3.75. The van der Waals surface area contributed by atoms with Crippen LogP contribution in [-0.2, 0) is 11.2 Å². The van der Waals surface area contributed by atoms with E-state index in [9.17, 15) is 9.59 Å². The smallest absolute Gasteiger partial charge is 0.261 e. The van der Waals surface area contributed by atoms with Crippen molar-refractivity contribution in [2.45, 2.75) is 12.5 Å². The Hall–Kier alpha value is -3.97. The summed E-state index contributed by atoms with van der Waals surface area (Å²) in [7, 11) is 0. The molecular weight excluding hydrogens is 372 g/mol. The van der Waals surface area contributed by atoms with Gasteiger partial charge in [-0.2, -0.15) is 5.26 Å². The second kappa shape index (κ2) is 8.59. The lowest BCUT2D eigenvalue weighted by Crippen LogP contribution is -2.62. The number of likely N-dealkylation sites (tertiary alicyclic amines) is 1. The molecule has 4 heteroatoms. The van der Waals surface area contributed by atoms with Crippen LogP contribution in [-0.4, -0.2) is 22.8 Å². The Labute approximate surface area is 175 Å². The summed E-state index contributed by atoms with van der Waals surface area (Å²) >= 11 is 0. The van der Waals surface area contributed by atoms with Crippen LogP contribution in [0.1, 0.15) is 27.0 Å². The molecule has 1 heterocycles. The van der Waals surface area contributed by atoms with Crippen molar-refractivity contribution in [3.63, 3.8) is 0 Å². The molecule has 1 aliphatic rings. The molecule has 146 valence electrons. The zero-order valence-electron chi connectivity index (χ0n) is 16.3. The van der Waals surface area contributed by atoms with E-state index in [0.29, 0.717) is 17.5 Å². The number of imide groups is 1. The largest absolute Gasteiger partial charge is 0.274 e. The monoisotopic (exact) mass is 392 g/mol. The van der Waals surface area contributed by atoms with Gasteiger partial charge in [-0.1, -0.05) is 72.8 Å². The third kappa shape index (κ3) is 3.92. The lowest BCUT2D eigenvalue weighted by molar-refractivity contribution is -0.147. The number of nitrogens with zero attached hydrogens (tertiary/aromatic N) is 2. The molecule has 0 radical (unpaired) electrons. The predicted octanol–water partition coefficient (Wildman–Crippen LogP) is 4.48. The minimum Gasteiger partial charge on any atom is -0.274 e. The van der Waals surface area contributed by atoms with Gasteiger partial charge in [0, 0.05) is 5.56 Å². The van der Waals surface area contributed by atoms with Crippen molar-refractivity contribution in [1.82, 2.24) is 4.90 Å². The molecule has 0 N–H and O–H groups in total. The molecule has 0 bridgehead atoms. The van der Waals surface area contributed by atoms with Crippen LogP contribution in [0.2, 0.25) is 0 Å². The number of nitriles is 1. The van der Waals surface area contributed by atoms with Crippen molar-refractivity contribution in [2.75, 3.05) is 0 Å². The first kappa shape index (κ1) is 19.4. The van der Waals surface area contributed by atoms with Gasteiger partial charge in [0.1, 0.15) is 0 Å². The van der Waals surface area contributed by atoms with Crippen LogP contribution in [0.15, 0.2) is 91.0 Å². The van der Waals surface area contributed by atoms with Crippen LogP contribution in [0.3, 0.4) is 0 Å². The van der Waals surface area contributed by atoms with E-state index >= 15 is 0 Å². The molecule has 4 rings (SSSR count). The van der Waals surface area contributed by atoms with Crippen LogP contribution in [0.4, 0.5) is 0 Å². The average Bonchev–Trinajstić information content (AvgIpc) is 2.81. The molecule has 2 atom stereocenters. The zero-order valence-corrected chi connectivity index (χ0v) is 16.3. The molecule has 0 aromatic heterocycles. The molecule has 0 aliphatic carbocycles. The number of amides is 2. The van der Waals surface area contributed by atoms with Gasteiger partial charge in [0.2, 0.25) is 5.91 Å². The number of hydrogen-bond donors (Lipinski definition) is 0. The van der Waals surface area contributed by atoms with Gasteiger partial charge in [-0.15, -0.1) is 0 Å². The number of hydrogen-bond acceptors (Lipinski definition) is 3. The van der Waals surface area contributed by atoms with Gasteiger partial charge >= 0.3 is 0 Å². The number of carbonyl (C=O) groups is 2. The third-order valence-corrected chi connectivity index (χ3v) is 5.30. The van der Waals surface area contributed by atoms with Gasteiger partial charge in [-0.3, -0.25) is 14.5 Å². The van der Waals surface area contributed by atoms with E-state index in [2.05, 4.69) is 6.07 Å². The third-order valence-electron chi connectivity index (χ3n) is 5.30. The minimum absolute atomic E-state index is 0.186.